The van der Waals surface area contributed by atoms with E-state index < -0.39 is 5.97 Å². The van der Waals surface area contributed by atoms with E-state index in [1.807, 2.05) is 11.0 Å². The zero-order valence-corrected chi connectivity index (χ0v) is 11.2. The number of carboxylic acid groups (broad SMARTS) is 1. The van der Waals surface area contributed by atoms with Gasteiger partial charge in [-0.05, 0) is 50.4 Å². The summed E-state index contributed by atoms with van der Waals surface area (Å²) in [4.78, 5) is 25.0. The van der Waals surface area contributed by atoms with Gasteiger partial charge in [0.2, 0.25) is 5.91 Å². The van der Waals surface area contributed by atoms with Crippen molar-refractivity contribution in [3.05, 3.63) is 11.6 Å². The summed E-state index contributed by atoms with van der Waals surface area (Å²) in [5.41, 5.74) is 1.38. The molecule has 0 radical (unpaired) electrons. The molecule has 0 aromatic rings. The fourth-order valence-corrected chi connectivity index (χ4v) is 2.98. The molecule has 104 valence electrons. The predicted octanol–water partition coefficient (Wildman–Crippen LogP) is 2.06. The lowest BCUT2D eigenvalue weighted by Gasteiger charge is -2.29. The molecule has 4 heteroatoms. The number of aliphatic carboxylic acids is 1. The number of hydrogen-bond donors (Lipinski definition) is 1. The average Bonchev–Trinajstić information content (AvgIpc) is 3.29. The Morgan fingerprint density at radius 3 is 1.84 bits per heavy atom. The molecular formula is C15H21NO3. The summed E-state index contributed by atoms with van der Waals surface area (Å²) in [7, 11) is 0. The van der Waals surface area contributed by atoms with Crippen LogP contribution < -0.4 is 0 Å². The molecular weight excluding hydrogens is 242 g/mol. The molecule has 0 aromatic heterocycles. The Kier molecular flexibility index (Phi) is 3.33. The summed E-state index contributed by atoms with van der Waals surface area (Å²) < 4.78 is 0. The summed E-state index contributed by atoms with van der Waals surface area (Å²) in [6, 6.07) is 0. The third kappa shape index (κ3) is 2.99. The molecule has 3 aliphatic rings. The maximum absolute atomic E-state index is 12.3. The molecule has 1 N–H and O–H groups in total. The van der Waals surface area contributed by atoms with Gasteiger partial charge in [0, 0.05) is 19.2 Å². The largest absolute Gasteiger partial charge is 0.481 e. The Morgan fingerprint density at radius 1 is 0.895 bits per heavy atom. The first kappa shape index (κ1) is 12.7. The number of carbonyl (C=O) groups is 2. The van der Waals surface area contributed by atoms with Crippen molar-refractivity contribution < 1.29 is 14.7 Å². The van der Waals surface area contributed by atoms with E-state index >= 15 is 0 Å². The summed E-state index contributed by atoms with van der Waals surface area (Å²) in [5, 5.41) is 8.96. The Bertz CT molecular complexity index is 399. The van der Waals surface area contributed by atoms with Gasteiger partial charge in [0.15, 0.2) is 0 Å². The van der Waals surface area contributed by atoms with Crippen LogP contribution in [-0.4, -0.2) is 35.0 Å². The second-order valence-electron chi connectivity index (χ2n) is 6.13. The van der Waals surface area contributed by atoms with Crippen molar-refractivity contribution in [1.29, 1.82) is 0 Å². The number of carboxylic acids is 1. The minimum absolute atomic E-state index is 0.109. The van der Waals surface area contributed by atoms with E-state index in [1.54, 1.807) is 0 Å². The Hall–Kier alpha value is -1.32. The van der Waals surface area contributed by atoms with Crippen molar-refractivity contribution in [2.45, 2.75) is 38.5 Å². The monoisotopic (exact) mass is 263 g/mol. The molecule has 2 saturated carbocycles. The highest BCUT2D eigenvalue weighted by atomic mass is 16.4. The molecule has 0 spiro atoms. The molecule has 0 unspecified atom stereocenters. The van der Waals surface area contributed by atoms with Crippen LogP contribution in [0, 0.1) is 17.8 Å². The van der Waals surface area contributed by atoms with Gasteiger partial charge in [-0.2, -0.15) is 0 Å². The van der Waals surface area contributed by atoms with Crippen molar-refractivity contribution in [2.24, 2.45) is 17.8 Å². The van der Waals surface area contributed by atoms with Crippen LogP contribution in [0.15, 0.2) is 11.6 Å². The fourth-order valence-electron chi connectivity index (χ4n) is 2.98. The van der Waals surface area contributed by atoms with Crippen LogP contribution in [0.3, 0.4) is 0 Å². The molecule has 0 bridgehead atoms. The van der Waals surface area contributed by atoms with Crippen LogP contribution in [0.25, 0.3) is 0 Å². The number of allylic oxidation sites excluding steroid dienone is 1. The first-order chi connectivity index (χ1) is 9.15. The van der Waals surface area contributed by atoms with E-state index in [0.717, 1.165) is 0 Å². The van der Waals surface area contributed by atoms with Crippen molar-refractivity contribution >= 4 is 11.9 Å². The second-order valence-corrected chi connectivity index (χ2v) is 6.13. The van der Waals surface area contributed by atoms with Crippen LogP contribution in [-0.2, 0) is 9.59 Å². The van der Waals surface area contributed by atoms with Crippen molar-refractivity contribution in [1.82, 2.24) is 4.90 Å². The first-order valence-corrected chi connectivity index (χ1v) is 7.38. The van der Waals surface area contributed by atoms with Crippen molar-refractivity contribution in [2.75, 3.05) is 13.1 Å². The minimum atomic E-state index is -0.723. The summed E-state index contributed by atoms with van der Waals surface area (Å²) in [6.45, 7) is 1.18. The van der Waals surface area contributed by atoms with Gasteiger partial charge in [-0.1, -0.05) is 5.57 Å². The van der Waals surface area contributed by atoms with Crippen LogP contribution >= 0.6 is 0 Å². The lowest BCUT2D eigenvalue weighted by molar-refractivity contribution is -0.144. The van der Waals surface area contributed by atoms with Crippen LogP contribution in [0.1, 0.15) is 38.5 Å². The van der Waals surface area contributed by atoms with Crippen LogP contribution in [0.4, 0.5) is 0 Å². The normalized spacial score (nSPS) is 24.1. The SMILES string of the molecule is O=C(O)C1CCN(C(=O)C=C(C2CC2)C2CC2)CC1. The van der Waals surface area contributed by atoms with Crippen molar-refractivity contribution in [3.8, 4) is 0 Å². The molecule has 0 atom stereocenters. The van der Waals surface area contributed by atoms with Gasteiger partial charge in [0.1, 0.15) is 0 Å². The molecule has 1 heterocycles. The number of rotatable bonds is 4. The van der Waals surface area contributed by atoms with Gasteiger partial charge in [-0.25, -0.2) is 0 Å². The zero-order chi connectivity index (χ0) is 13.4. The van der Waals surface area contributed by atoms with E-state index in [1.165, 1.54) is 31.3 Å². The van der Waals surface area contributed by atoms with Gasteiger partial charge in [-0.3, -0.25) is 9.59 Å². The molecule has 1 amide bonds. The Morgan fingerprint density at radius 2 is 1.42 bits per heavy atom. The average molecular weight is 263 g/mol. The van der Waals surface area contributed by atoms with E-state index in [4.69, 9.17) is 5.11 Å². The third-order valence-electron chi connectivity index (χ3n) is 4.54. The topological polar surface area (TPSA) is 57.6 Å². The minimum Gasteiger partial charge on any atom is -0.481 e. The van der Waals surface area contributed by atoms with Crippen LogP contribution in [0.5, 0.6) is 0 Å². The number of likely N-dealkylation sites (tertiary alicyclic amines) is 1. The van der Waals surface area contributed by atoms with E-state index in [-0.39, 0.29) is 11.8 Å². The number of carbonyl (C=O) groups excluding carboxylic acids is 1. The molecule has 0 aromatic carbocycles. The molecule has 3 rings (SSSR count). The lowest BCUT2D eigenvalue weighted by Crippen LogP contribution is -2.39. The molecule has 19 heavy (non-hydrogen) atoms. The first-order valence-electron chi connectivity index (χ1n) is 7.38. The number of amides is 1. The van der Waals surface area contributed by atoms with Gasteiger partial charge in [0.05, 0.1) is 5.92 Å². The van der Waals surface area contributed by atoms with Gasteiger partial charge in [0.25, 0.3) is 0 Å². The number of nitrogens with zero attached hydrogens (tertiary/aromatic N) is 1. The van der Waals surface area contributed by atoms with Gasteiger partial charge >= 0.3 is 5.97 Å². The molecule has 4 nitrogen and oxygen atoms in total. The number of hydrogen-bond acceptors (Lipinski definition) is 2. The van der Waals surface area contributed by atoms with Crippen molar-refractivity contribution in [3.63, 3.8) is 0 Å². The summed E-state index contributed by atoms with van der Waals surface area (Å²) in [6.07, 6.45) is 8.05. The smallest absolute Gasteiger partial charge is 0.306 e. The highest BCUT2D eigenvalue weighted by Gasteiger charge is 2.37. The molecule has 2 aliphatic carbocycles. The highest BCUT2D eigenvalue weighted by molar-refractivity contribution is 5.89. The van der Waals surface area contributed by atoms with E-state index in [2.05, 4.69) is 0 Å². The van der Waals surface area contributed by atoms with E-state index in [0.29, 0.717) is 37.8 Å². The van der Waals surface area contributed by atoms with E-state index in [9.17, 15) is 9.59 Å². The zero-order valence-electron chi connectivity index (χ0n) is 11.2. The lowest BCUT2D eigenvalue weighted by atomic mass is 9.97. The third-order valence-corrected chi connectivity index (χ3v) is 4.54. The van der Waals surface area contributed by atoms with Gasteiger partial charge in [-0.15, -0.1) is 0 Å². The van der Waals surface area contributed by atoms with Crippen LogP contribution in [0.2, 0.25) is 0 Å². The predicted molar refractivity (Wildman–Crippen MR) is 70.5 cm³/mol. The fraction of sp³-hybridized carbons (Fsp3) is 0.733. The van der Waals surface area contributed by atoms with Gasteiger partial charge < -0.3 is 10.0 Å². The molecule has 3 fully saturated rings. The highest BCUT2D eigenvalue weighted by Crippen LogP contribution is 2.48. The molecule has 1 saturated heterocycles. The Balaban J connectivity index is 1.58. The standard InChI is InChI=1S/C15H21NO3/c17-14(9-13(10-1-2-10)11-3-4-11)16-7-5-12(6-8-16)15(18)19/h9-12H,1-8H2,(H,18,19). The summed E-state index contributed by atoms with van der Waals surface area (Å²) >= 11 is 0. The molecule has 1 aliphatic heterocycles. The maximum atomic E-state index is 12.3. The summed E-state index contributed by atoms with van der Waals surface area (Å²) in [5.74, 6) is 0.470. The quantitative estimate of drug-likeness (QED) is 0.790. The Labute approximate surface area is 113 Å². The second kappa shape index (κ2) is 4.99. The number of piperidine rings is 1. The maximum Gasteiger partial charge on any atom is 0.306 e.